The van der Waals surface area contributed by atoms with Crippen LogP contribution in [-0.4, -0.2) is 20.2 Å². The van der Waals surface area contributed by atoms with Crippen LogP contribution >= 0.6 is 11.8 Å². The van der Waals surface area contributed by atoms with Gasteiger partial charge >= 0.3 is 0 Å². The Hall–Kier alpha value is -2.00. The third-order valence-corrected chi connectivity index (χ3v) is 2.82. The molecular weight excluding hydrogens is 234 g/mol. The summed E-state index contributed by atoms with van der Waals surface area (Å²) in [5.41, 5.74) is 2.26. The Kier molecular flexibility index (Phi) is 3.30. The molecule has 2 aromatic heterocycles. The Balaban J connectivity index is 2.35. The molecule has 0 atom stereocenters. The summed E-state index contributed by atoms with van der Waals surface area (Å²) in [6.45, 7) is 3.81. The van der Waals surface area contributed by atoms with E-state index in [1.54, 1.807) is 6.07 Å². The highest BCUT2D eigenvalue weighted by atomic mass is 32.2. The standard InChI is InChI=1S/C11H9N5S/c1-7-5-8(2)15-11(14-7)17-10-9(6-12)3-4-13-16-10/h3-5H,1-2H3. The van der Waals surface area contributed by atoms with E-state index in [2.05, 4.69) is 26.2 Å². The fourth-order valence-corrected chi connectivity index (χ4v) is 2.17. The van der Waals surface area contributed by atoms with Crippen molar-refractivity contribution in [2.24, 2.45) is 0 Å². The maximum absolute atomic E-state index is 8.93. The van der Waals surface area contributed by atoms with Crippen LogP contribution < -0.4 is 0 Å². The monoisotopic (exact) mass is 243 g/mol. The summed E-state index contributed by atoms with van der Waals surface area (Å²) in [4.78, 5) is 8.56. The van der Waals surface area contributed by atoms with Gasteiger partial charge in [0.15, 0.2) is 5.16 Å². The number of aryl methyl sites for hydroxylation is 2. The third kappa shape index (κ3) is 2.77. The Labute approximate surface area is 103 Å². The normalized spacial score (nSPS) is 9.94. The molecule has 5 nitrogen and oxygen atoms in total. The van der Waals surface area contributed by atoms with Crippen LogP contribution in [0, 0.1) is 25.2 Å². The van der Waals surface area contributed by atoms with E-state index in [1.165, 1.54) is 18.0 Å². The SMILES string of the molecule is Cc1cc(C)nc(Sc2nnccc2C#N)n1. The average Bonchev–Trinajstić information content (AvgIpc) is 2.28. The highest BCUT2D eigenvalue weighted by molar-refractivity contribution is 7.99. The molecule has 0 fully saturated rings. The minimum absolute atomic E-state index is 0.479. The van der Waals surface area contributed by atoms with Crippen molar-refractivity contribution in [1.29, 1.82) is 5.26 Å². The van der Waals surface area contributed by atoms with Gasteiger partial charge in [-0.15, -0.1) is 5.10 Å². The predicted octanol–water partition coefficient (Wildman–Crippen LogP) is 1.91. The van der Waals surface area contributed by atoms with Crippen molar-refractivity contribution in [3.8, 4) is 6.07 Å². The summed E-state index contributed by atoms with van der Waals surface area (Å²) in [5, 5.41) is 17.7. The summed E-state index contributed by atoms with van der Waals surface area (Å²) in [6.07, 6.45) is 1.49. The molecule has 0 saturated carbocycles. The largest absolute Gasteiger partial charge is 0.228 e. The van der Waals surface area contributed by atoms with Crippen molar-refractivity contribution in [3.63, 3.8) is 0 Å². The van der Waals surface area contributed by atoms with Crippen LogP contribution in [0.25, 0.3) is 0 Å². The van der Waals surface area contributed by atoms with Crippen LogP contribution in [0.5, 0.6) is 0 Å². The third-order valence-electron chi connectivity index (χ3n) is 1.96. The van der Waals surface area contributed by atoms with Crippen LogP contribution in [0.15, 0.2) is 28.5 Å². The smallest absolute Gasteiger partial charge is 0.194 e. The summed E-state index contributed by atoms with van der Waals surface area (Å²) in [5.74, 6) is 0. The van der Waals surface area contributed by atoms with E-state index in [0.29, 0.717) is 15.7 Å². The summed E-state index contributed by atoms with van der Waals surface area (Å²) in [7, 11) is 0. The van der Waals surface area contributed by atoms with E-state index >= 15 is 0 Å². The number of hydrogen-bond donors (Lipinski definition) is 0. The molecule has 0 radical (unpaired) electrons. The number of aromatic nitrogens is 4. The van der Waals surface area contributed by atoms with Gasteiger partial charge in [-0.25, -0.2) is 9.97 Å². The lowest BCUT2D eigenvalue weighted by Crippen LogP contribution is -1.95. The van der Waals surface area contributed by atoms with E-state index in [4.69, 9.17) is 5.26 Å². The molecule has 0 saturated heterocycles. The molecule has 0 N–H and O–H groups in total. The Morgan fingerprint density at radius 3 is 2.59 bits per heavy atom. The van der Waals surface area contributed by atoms with Crippen LogP contribution in [0.1, 0.15) is 17.0 Å². The van der Waals surface area contributed by atoms with Crippen molar-refractivity contribution in [2.45, 2.75) is 24.0 Å². The summed E-state index contributed by atoms with van der Waals surface area (Å²) >= 11 is 1.25. The van der Waals surface area contributed by atoms with Crippen LogP contribution in [0.3, 0.4) is 0 Å². The van der Waals surface area contributed by atoms with Crippen LogP contribution in [0.2, 0.25) is 0 Å². The van der Waals surface area contributed by atoms with Crippen molar-refractivity contribution in [2.75, 3.05) is 0 Å². The van der Waals surface area contributed by atoms with E-state index in [0.717, 1.165) is 11.4 Å². The molecule has 0 aromatic carbocycles. The van der Waals surface area contributed by atoms with Crippen LogP contribution in [0.4, 0.5) is 0 Å². The minimum atomic E-state index is 0.479. The first-order chi connectivity index (χ1) is 8.19. The second-order valence-electron chi connectivity index (χ2n) is 3.40. The van der Waals surface area contributed by atoms with Gasteiger partial charge in [-0.2, -0.15) is 10.4 Å². The van der Waals surface area contributed by atoms with Crippen molar-refractivity contribution >= 4 is 11.8 Å². The van der Waals surface area contributed by atoms with Crippen LogP contribution in [-0.2, 0) is 0 Å². The minimum Gasteiger partial charge on any atom is -0.228 e. The van der Waals surface area contributed by atoms with Gasteiger partial charge in [0.1, 0.15) is 11.1 Å². The maximum atomic E-state index is 8.93. The molecule has 84 valence electrons. The lowest BCUT2D eigenvalue weighted by Gasteiger charge is -2.02. The first kappa shape index (κ1) is 11.5. The van der Waals surface area contributed by atoms with Gasteiger partial charge in [0.25, 0.3) is 0 Å². The Morgan fingerprint density at radius 1 is 1.24 bits per heavy atom. The van der Waals surface area contributed by atoms with E-state index in [1.807, 2.05) is 19.9 Å². The quantitative estimate of drug-likeness (QED) is 0.750. The molecule has 2 heterocycles. The molecule has 2 aromatic rings. The number of hydrogen-bond acceptors (Lipinski definition) is 6. The second-order valence-corrected chi connectivity index (χ2v) is 4.35. The molecule has 0 unspecified atom stereocenters. The Bertz CT molecular complexity index is 570. The summed E-state index contributed by atoms with van der Waals surface area (Å²) in [6, 6.07) is 5.58. The first-order valence-corrected chi connectivity index (χ1v) is 5.72. The van der Waals surface area contributed by atoms with Gasteiger partial charge in [-0.05, 0) is 37.7 Å². The number of nitriles is 1. The molecule has 17 heavy (non-hydrogen) atoms. The number of rotatable bonds is 2. The molecule has 0 bridgehead atoms. The molecular formula is C11H9N5S. The first-order valence-electron chi connectivity index (χ1n) is 4.91. The fourth-order valence-electron chi connectivity index (χ4n) is 1.30. The molecule has 0 aliphatic rings. The topological polar surface area (TPSA) is 75.3 Å². The zero-order valence-corrected chi connectivity index (χ0v) is 10.2. The van der Waals surface area contributed by atoms with Crippen molar-refractivity contribution in [1.82, 2.24) is 20.2 Å². The highest BCUT2D eigenvalue weighted by Crippen LogP contribution is 2.25. The van der Waals surface area contributed by atoms with Crippen molar-refractivity contribution in [3.05, 3.63) is 35.3 Å². The average molecular weight is 243 g/mol. The highest BCUT2D eigenvalue weighted by Gasteiger charge is 2.08. The van der Waals surface area contributed by atoms with Gasteiger partial charge in [0.2, 0.25) is 0 Å². The molecule has 0 aliphatic heterocycles. The fraction of sp³-hybridized carbons (Fsp3) is 0.182. The maximum Gasteiger partial charge on any atom is 0.194 e. The zero-order valence-electron chi connectivity index (χ0n) is 9.38. The van der Waals surface area contributed by atoms with Gasteiger partial charge in [-0.1, -0.05) is 0 Å². The predicted molar refractivity (Wildman–Crippen MR) is 62.4 cm³/mol. The second kappa shape index (κ2) is 4.89. The van der Waals surface area contributed by atoms with Crippen molar-refractivity contribution < 1.29 is 0 Å². The van der Waals surface area contributed by atoms with Gasteiger partial charge in [-0.3, -0.25) is 0 Å². The van der Waals surface area contributed by atoms with E-state index < -0.39 is 0 Å². The molecule has 0 spiro atoms. The zero-order chi connectivity index (χ0) is 12.3. The molecule has 0 aliphatic carbocycles. The lowest BCUT2D eigenvalue weighted by atomic mass is 10.3. The Morgan fingerprint density at radius 2 is 1.94 bits per heavy atom. The molecule has 0 amide bonds. The van der Waals surface area contributed by atoms with E-state index in [-0.39, 0.29) is 0 Å². The molecule has 6 heteroatoms. The summed E-state index contributed by atoms with van der Waals surface area (Å²) < 4.78 is 0. The van der Waals surface area contributed by atoms with Gasteiger partial charge in [0, 0.05) is 11.4 Å². The molecule has 2 rings (SSSR count). The lowest BCUT2D eigenvalue weighted by molar-refractivity contribution is 0.881. The van der Waals surface area contributed by atoms with E-state index in [9.17, 15) is 0 Å². The number of nitrogens with zero attached hydrogens (tertiary/aromatic N) is 5. The van der Waals surface area contributed by atoms with Gasteiger partial charge in [0.05, 0.1) is 11.8 Å². The van der Waals surface area contributed by atoms with Gasteiger partial charge < -0.3 is 0 Å².